The molecule has 0 aliphatic heterocycles. The summed E-state index contributed by atoms with van der Waals surface area (Å²) in [5.74, 6) is 0.397. The fourth-order valence-corrected chi connectivity index (χ4v) is 2.16. The molecule has 5 heteroatoms. The van der Waals surface area contributed by atoms with Crippen molar-refractivity contribution in [3.05, 3.63) is 17.5 Å². The maximum Gasteiger partial charge on any atom is 0.254 e. The molecule has 2 N–H and O–H groups in total. The first-order valence-electron chi connectivity index (χ1n) is 7.39. The van der Waals surface area contributed by atoms with E-state index in [-0.39, 0.29) is 30.4 Å². The number of rotatable bonds is 7. The smallest absolute Gasteiger partial charge is 0.254 e. The monoisotopic (exact) mass is 281 g/mol. The van der Waals surface area contributed by atoms with E-state index in [4.69, 9.17) is 5.11 Å². The van der Waals surface area contributed by atoms with E-state index in [0.717, 1.165) is 12.2 Å². The van der Waals surface area contributed by atoms with E-state index in [1.165, 1.54) is 0 Å². The Morgan fingerprint density at radius 1 is 1.40 bits per heavy atom. The summed E-state index contributed by atoms with van der Waals surface area (Å²) >= 11 is 0. The molecule has 114 valence electrons. The van der Waals surface area contributed by atoms with Gasteiger partial charge in [-0.1, -0.05) is 27.7 Å². The first-order chi connectivity index (χ1) is 9.40. The third-order valence-corrected chi connectivity index (χ3v) is 3.47. The van der Waals surface area contributed by atoms with Crippen LogP contribution in [0.1, 0.15) is 63.0 Å². The zero-order valence-electron chi connectivity index (χ0n) is 13.2. The molecule has 0 saturated carbocycles. The van der Waals surface area contributed by atoms with Crippen molar-refractivity contribution in [2.45, 2.75) is 59.5 Å². The lowest BCUT2D eigenvalue weighted by atomic mass is 10.00. The van der Waals surface area contributed by atoms with Crippen molar-refractivity contribution in [1.82, 2.24) is 15.1 Å². The van der Waals surface area contributed by atoms with Crippen LogP contribution in [0.2, 0.25) is 0 Å². The van der Waals surface area contributed by atoms with Crippen LogP contribution >= 0.6 is 0 Å². The molecular formula is C15H27N3O2. The van der Waals surface area contributed by atoms with Crippen LogP contribution in [0.3, 0.4) is 0 Å². The van der Waals surface area contributed by atoms with Gasteiger partial charge >= 0.3 is 0 Å². The molecule has 0 saturated heterocycles. The predicted molar refractivity (Wildman–Crippen MR) is 79.8 cm³/mol. The summed E-state index contributed by atoms with van der Waals surface area (Å²) in [5, 5.41) is 16.6. The Kier molecular flexibility index (Phi) is 6.20. The first-order valence-corrected chi connectivity index (χ1v) is 7.39. The number of carbonyl (C=O) groups is 1. The molecule has 1 unspecified atom stereocenters. The fourth-order valence-electron chi connectivity index (χ4n) is 2.16. The van der Waals surface area contributed by atoms with Crippen LogP contribution in [0, 0.1) is 5.92 Å². The number of nitrogens with one attached hydrogen (secondary N) is 1. The zero-order chi connectivity index (χ0) is 15.3. The quantitative estimate of drug-likeness (QED) is 0.805. The third-order valence-electron chi connectivity index (χ3n) is 3.47. The molecule has 0 radical (unpaired) electrons. The summed E-state index contributed by atoms with van der Waals surface area (Å²) in [6.07, 6.45) is 2.38. The average molecular weight is 281 g/mol. The molecule has 0 bridgehead atoms. The van der Waals surface area contributed by atoms with Gasteiger partial charge in [0.15, 0.2) is 0 Å². The third kappa shape index (κ3) is 4.07. The van der Waals surface area contributed by atoms with Gasteiger partial charge in [-0.3, -0.25) is 9.48 Å². The summed E-state index contributed by atoms with van der Waals surface area (Å²) in [6, 6.07) is -0.0162. The standard InChI is InChI=1S/C15H27N3O2/c1-6-18-9-12(14(17-18)11(4)5)15(20)16-13(7-8-19)10(2)3/h9-11,13,19H,6-8H2,1-5H3,(H,16,20). The molecule has 1 amide bonds. The molecule has 0 fully saturated rings. The Balaban J connectivity index is 2.93. The average Bonchev–Trinajstić information content (AvgIpc) is 2.82. The number of carbonyl (C=O) groups excluding carboxylic acids is 1. The van der Waals surface area contributed by atoms with Crippen LogP contribution in [0.15, 0.2) is 6.20 Å². The molecule has 0 aliphatic rings. The minimum absolute atomic E-state index is 0.0162. The van der Waals surface area contributed by atoms with Gasteiger partial charge in [-0.2, -0.15) is 5.10 Å². The van der Waals surface area contributed by atoms with Crippen LogP contribution in [-0.4, -0.2) is 33.4 Å². The van der Waals surface area contributed by atoms with Crippen molar-refractivity contribution < 1.29 is 9.90 Å². The molecule has 0 aliphatic carbocycles. The number of hydrogen-bond acceptors (Lipinski definition) is 3. The Morgan fingerprint density at radius 2 is 2.05 bits per heavy atom. The van der Waals surface area contributed by atoms with E-state index < -0.39 is 0 Å². The van der Waals surface area contributed by atoms with Crippen molar-refractivity contribution in [2.24, 2.45) is 5.92 Å². The van der Waals surface area contributed by atoms with Gasteiger partial charge in [-0.05, 0) is 25.2 Å². The lowest BCUT2D eigenvalue weighted by Crippen LogP contribution is -2.39. The Hall–Kier alpha value is -1.36. The Labute approximate surface area is 121 Å². The van der Waals surface area contributed by atoms with Crippen molar-refractivity contribution in [2.75, 3.05) is 6.61 Å². The van der Waals surface area contributed by atoms with Gasteiger partial charge in [0.25, 0.3) is 5.91 Å². The maximum atomic E-state index is 12.4. The highest BCUT2D eigenvalue weighted by atomic mass is 16.3. The summed E-state index contributed by atoms with van der Waals surface area (Å²) < 4.78 is 1.79. The van der Waals surface area contributed by atoms with Crippen LogP contribution < -0.4 is 5.32 Å². The van der Waals surface area contributed by atoms with Crippen molar-refractivity contribution in [3.8, 4) is 0 Å². The van der Waals surface area contributed by atoms with Crippen LogP contribution in [-0.2, 0) is 6.54 Å². The van der Waals surface area contributed by atoms with E-state index in [1.54, 1.807) is 10.9 Å². The lowest BCUT2D eigenvalue weighted by molar-refractivity contribution is 0.0915. The molecule has 5 nitrogen and oxygen atoms in total. The number of hydrogen-bond donors (Lipinski definition) is 2. The molecule has 0 spiro atoms. The van der Waals surface area contributed by atoms with Gasteiger partial charge in [0.05, 0.1) is 11.3 Å². The van der Waals surface area contributed by atoms with Crippen molar-refractivity contribution in [3.63, 3.8) is 0 Å². The number of aromatic nitrogens is 2. The van der Waals surface area contributed by atoms with E-state index >= 15 is 0 Å². The molecule has 1 atom stereocenters. The highest BCUT2D eigenvalue weighted by Crippen LogP contribution is 2.18. The molecule has 1 aromatic rings. The Bertz CT molecular complexity index is 438. The van der Waals surface area contributed by atoms with Gasteiger partial charge in [-0.25, -0.2) is 0 Å². The minimum atomic E-state index is -0.0967. The Morgan fingerprint density at radius 3 is 2.50 bits per heavy atom. The topological polar surface area (TPSA) is 67.2 Å². The number of aliphatic hydroxyl groups is 1. The van der Waals surface area contributed by atoms with Gasteiger partial charge in [0, 0.05) is 25.4 Å². The largest absolute Gasteiger partial charge is 0.396 e. The minimum Gasteiger partial charge on any atom is -0.396 e. The SMILES string of the molecule is CCn1cc(C(=O)NC(CCO)C(C)C)c(C(C)C)n1. The van der Waals surface area contributed by atoms with Crippen LogP contribution in [0.5, 0.6) is 0 Å². The highest BCUT2D eigenvalue weighted by molar-refractivity contribution is 5.95. The molecular weight excluding hydrogens is 254 g/mol. The van der Waals surface area contributed by atoms with Crippen molar-refractivity contribution >= 4 is 5.91 Å². The summed E-state index contributed by atoms with van der Waals surface area (Å²) in [4.78, 5) is 12.4. The van der Waals surface area contributed by atoms with Gasteiger partial charge in [-0.15, -0.1) is 0 Å². The molecule has 1 rings (SSSR count). The lowest BCUT2D eigenvalue weighted by Gasteiger charge is -2.21. The first kappa shape index (κ1) is 16.7. The van der Waals surface area contributed by atoms with Gasteiger partial charge in [0.1, 0.15) is 0 Å². The van der Waals surface area contributed by atoms with Crippen LogP contribution in [0.4, 0.5) is 0 Å². The molecule has 0 aromatic carbocycles. The van der Waals surface area contributed by atoms with E-state index in [9.17, 15) is 4.79 Å². The normalized spacial score (nSPS) is 13.0. The van der Waals surface area contributed by atoms with Gasteiger partial charge < -0.3 is 10.4 Å². The summed E-state index contributed by atoms with van der Waals surface area (Å²) in [5.41, 5.74) is 1.47. The maximum absolute atomic E-state index is 12.4. The number of aryl methyl sites for hydroxylation is 1. The van der Waals surface area contributed by atoms with Crippen molar-refractivity contribution in [1.29, 1.82) is 0 Å². The summed E-state index contributed by atoms with van der Waals surface area (Å²) in [6.45, 7) is 11.0. The molecule has 20 heavy (non-hydrogen) atoms. The number of amides is 1. The fraction of sp³-hybridized carbons (Fsp3) is 0.733. The second kappa shape index (κ2) is 7.43. The predicted octanol–water partition coefficient (Wildman–Crippen LogP) is 2.16. The second-order valence-electron chi connectivity index (χ2n) is 5.77. The van der Waals surface area contributed by atoms with E-state index in [2.05, 4.69) is 10.4 Å². The summed E-state index contributed by atoms with van der Waals surface area (Å²) in [7, 11) is 0. The van der Waals surface area contributed by atoms with E-state index in [1.807, 2.05) is 34.6 Å². The second-order valence-corrected chi connectivity index (χ2v) is 5.77. The van der Waals surface area contributed by atoms with Crippen LogP contribution in [0.25, 0.3) is 0 Å². The van der Waals surface area contributed by atoms with Gasteiger partial charge in [0.2, 0.25) is 0 Å². The number of aliphatic hydroxyl groups excluding tert-OH is 1. The highest BCUT2D eigenvalue weighted by Gasteiger charge is 2.22. The zero-order valence-corrected chi connectivity index (χ0v) is 13.2. The number of nitrogens with zero attached hydrogens (tertiary/aromatic N) is 2. The molecule has 1 aromatic heterocycles. The van der Waals surface area contributed by atoms with E-state index in [0.29, 0.717) is 12.0 Å². The molecule has 1 heterocycles.